The van der Waals surface area contributed by atoms with Gasteiger partial charge in [-0.3, -0.25) is 14.9 Å². The molecule has 2 unspecified atom stereocenters. The number of carbonyl (C=O) groups is 2. The number of nitrogens with zero attached hydrogens (tertiary/aromatic N) is 1. The summed E-state index contributed by atoms with van der Waals surface area (Å²) >= 11 is 0. The summed E-state index contributed by atoms with van der Waals surface area (Å²) in [6.45, 7) is 6.40. The number of aryl methyl sites for hydroxylation is 1. The Morgan fingerprint density at radius 1 is 1.16 bits per heavy atom. The Bertz CT molecular complexity index is 1080. The number of nitrogens with one attached hydrogen (secondary N) is 3. The quantitative estimate of drug-likeness (QED) is 0.285. The Hall–Kier alpha value is -3.38. The van der Waals surface area contributed by atoms with Crippen molar-refractivity contribution in [1.82, 2.24) is 20.9 Å². The van der Waals surface area contributed by atoms with E-state index in [0.29, 0.717) is 19.4 Å². The highest BCUT2D eigenvalue weighted by Gasteiger charge is 2.27. The predicted octanol–water partition coefficient (Wildman–Crippen LogP) is 4.77. The summed E-state index contributed by atoms with van der Waals surface area (Å²) < 4.78 is 0. The molecule has 0 aromatic heterocycles. The molecular weight excluding hydrogens is 460 g/mol. The maximum atomic E-state index is 13.1. The molecule has 3 N–H and O–H groups in total. The van der Waals surface area contributed by atoms with E-state index in [2.05, 4.69) is 53.2 Å². The van der Waals surface area contributed by atoms with Gasteiger partial charge in [-0.25, -0.2) is 0 Å². The molecule has 3 rings (SSSR count). The minimum Gasteiger partial charge on any atom is -0.372 e. The third kappa shape index (κ3) is 8.05. The van der Waals surface area contributed by atoms with Crippen LogP contribution in [0.15, 0.2) is 78.6 Å². The summed E-state index contributed by atoms with van der Waals surface area (Å²) in [5.41, 5.74) is 4.51. The number of carbonyl (C=O) groups excluding carboxylic acids is 2. The van der Waals surface area contributed by atoms with Crippen LogP contribution in [0, 0.1) is 6.92 Å². The van der Waals surface area contributed by atoms with Crippen molar-refractivity contribution in [2.75, 3.05) is 13.6 Å². The van der Waals surface area contributed by atoms with Crippen LogP contribution in [-0.4, -0.2) is 48.6 Å². The van der Waals surface area contributed by atoms with Crippen molar-refractivity contribution in [2.45, 2.75) is 71.1 Å². The number of allylic oxidation sites excluding steroid dienone is 7. The van der Waals surface area contributed by atoms with Gasteiger partial charge in [-0.2, -0.15) is 0 Å². The lowest BCUT2D eigenvalue weighted by molar-refractivity contribution is -0.139. The third-order valence-electron chi connectivity index (χ3n) is 6.98. The molecule has 6 nitrogen and oxygen atoms in total. The van der Waals surface area contributed by atoms with Gasteiger partial charge in [0.1, 0.15) is 6.04 Å². The number of amides is 2. The molecule has 37 heavy (non-hydrogen) atoms. The Labute approximate surface area is 222 Å². The normalized spacial score (nSPS) is 19.7. The molecule has 0 radical (unpaired) electrons. The smallest absolute Gasteiger partial charge is 0.243 e. The summed E-state index contributed by atoms with van der Waals surface area (Å²) in [4.78, 5) is 27.6. The molecule has 1 heterocycles. The molecular formula is C31H42N4O2. The summed E-state index contributed by atoms with van der Waals surface area (Å²) in [7, 11) is 1.74. The maximum Gasteiger partial charge on any atom is 0.243 e. The third-order valence-corrected chi connectivity index (χ3v) is 6.98. The van der Waals surface area contributed by atoms with Crippen molar-refractivity contribution in [3.8, 4) is 0 Å². The molecule has 1 aliphatic heterocycles. The predicted molar refractivity (Wildman–Crippen MR) is 153 cm³/mol. The molecule has 0 saturated carbocycles. The van der Waals surface area contributed by atoms with Crippen LogP contribution < -0.4 is 16.0 Å². The Kier molecular flexibility index (Phi) is 11.0. The number of hydrogen-bond acceptors (Lipinski definition) is 4. The lowest BCUT2D eigenvalue weighted by atomic mass is 10.00. The fourth-order valence-electron chi connectivity index (χ4n) is 4.80. The van der Waals surface area contributed by atoms with Crippen LogP contribution >= 0.6 is 0 Å². The molecule has 1 aromatic rings. The van der Waals surface area contributed by atoms with E-state index in [9.17, 15) is 9.59 Å². The molecule has 2 amide bonds. The fraction of sp³-hybridized carbons (Fsp3) is 0.419. The van der Waals surface area contributed by atoms with Crippen LogP contribution in [0.5, 0.6) is 0 Å². The Morgan fingerprint density at radius 2 is 1.97 bits per heavy atom. The van der Waals surface area contributed by atoms with Crippen LogP contribution in [0.4, 0.5) is 0 Å². The first-order chi connectivity index (χ1) is 17.9. The lowest BCUT2D eigenvalue weighted by Crippen LogP contribution is -2.47. The van der Waals surface area contributed by atoms with E-state index < -0.39 is 6.04 Å². The number of unbranched alkanes of at least 4 members (excludes halogenated alkanes) is 1. The van der Waals surface area contributed by atoms with Gasteiger partial charge in [0.15, 0.2) is 0 Å². The van der Waals surface area contributed by atoms with Crippen LogP contribution in [0.2, 0.25) is 0 Å². The van der Waals surface area contributed by atoms with Crippen molar-refractivity contribution in [3.05, 3.63) is 89.7 Å². The van der Waals surface area contributed by atoms with Crippen molar-refractivity contribution in [1.29, 1.82) is 0 Å². The van der Waals surface area contributed by atoms with Crippen LogP contribution in [0.1, 0.15) is 57.1 Å². The van der Waals surface area contributed by atoms with Crippen LogP contribution in [-0.2, 0) is 9.59 Å². The number of benzene rings is 1. The van der Waals surface area contributed by atoms with Crippen molar-refractivity contribution >= 4 is 17.4 Å². The molecule has 1 aliphatic carbocycles. The Balaban J connectivity index is 1.46. The summed E-state index contributed by atoms with van der Waals surface area (Å²) in [5, 5.41) is 10.2. The zero-order valence-corrected chi connectivity index (χ0v) is 22.7. The van der Waals surface area contributed by atoms with E-state index >= 15 is 0 Å². The van der Waals surface area contributed by atoms with Gasteiger partial charge in [-0.05, 0) is 62.3 Å². The molecule has 0 bridgehead atoms. The molecule has 0 spiro atoms. The number of hydrogen-bond donors (Lipinski definition) is 3. The number of fused-ring (bicyclic) bond motifs is 1. The topological polar surface area (TPSA) is 73.5 Å². The summed E-state index contributed by atoms with van der Waals surface area (Å²) in [6, 6.07) is 7.91. The average molecular weight is 503 g/mol. The zero-order valence-electron chi connectivity index (χ0n) is 22.7. The highest BCUT2D eigenvalue weighted by Crippen LogP contribution is 2.19. The van der Waals surface area contributed by atoms with Gasteiger partial charge in [0.05, 0.1) is 12.2 Å². The minimum atomic E-state index is -0.482. The minimum absolute atomic E-state index is 0.0128. The van der Waals surface area contributed by atoms with E-state index in [1.54, 1.807) is 11.9 Å². The molecule has 2 aliphatic rings. The van der Waals surface area contributed by atoms with Crippen LogP contribution in [0.3, 0.4) is 0 Å². The van der Waals surface area contributed by atoms with Gasteiger partial charge in [-0.15, -0.1) is 0 Å². The van der Waals surface area contributed by atoms with Gasteiger partial charge in [0.2, 0.25) is 11.8 Å². The SMILES string of the molecule is C/C=C\C=C(/CNC(=O)[C@H](CC)N(C)C(=O)CCCCC1NC2=CC=CC=CC2N1)c1ccccc1C. The van der Waals surface area contributed by atoms with E-state index in [-0.39, 0.29) is 24.0 Å². The molecule has 6 heteroatoms. The van der Waals surface area contributed by atoms with E-state index in [1.165, 1.54) is 5.70 Å². The van der Waals surface area contributed by atoms with Gasteiger partial charge < -0.3 is 15.5 Å². The first-order valence-electron chi connectivity index (χ1n) is 13.4. The molecule has 1 aromatic carbocycles. The lowest BCUT2D eigenvalue weighted by Gasteiger charge is -2.27. The van der Waals surface area contributed by atoms with Gasteiger partial charge >= 0.3 is 0 Å². The largest absolute Gasteiger partial charge is 0.372 e. The monoisotopic (exact) mass is 502 g/mol. The molecule has 1 saturated heterocycles. The average Bonchev–Trinajstić information content (AvgIpc) is 3.15. The standard InChI is InChI=1S/C31H42N4O2/c1-5-7-16-24(25-17-12-11-15-23(25)3)22-32-31(37)28(6-2)35(4)30(36)21-14-13-20-29-33-26-18-9-8-10-19-27(26)34-29/h5,7-12,15-19,26,28-29,33-34H,6,13-14,20-22H2,1-4H3,(H,32,37)/b7-5-,24-16+/t26?,28-,29?/m0/s1. The fourth-order valence-corrected chi connectivity index (χ4v) is 4.80. The van der Waals surface area contributed by atoms with Crippen molar-refractivity contribution in [3.63, 3.8) is 0 Å². The molecule has 3 atom stereocenters. The summed E-state index contributed by atoms with van der Waals surface area (Å²) in [6.07, 6.45) is 20.3. The first kappa shape index (κ1) is 28.2. The second-order valence-corrected chi connectivity index (χ2v) is 9.66. The number of rotatable bonds is 12. The molecule has 1 fully saturated rings. The van der Waals surface area contributed by atoms with Crippen LogP contribution in [0.25, 0.3) is 5.57 Å². The summed E-state index contributed by atoms with van der Waals surface area (Å²) in [5.74, 6) is -0.106. The number of likely N-dealkylation sites (N-methyl/N-ethyl adjacent to an activating group) is 1. The highest BCUT2D eigenvalue weighted by atomic mass is 16.2. The van der Waals surface area contributed by atoms with E-state index in [0.717, 1.165) is 36.0 Å². The second-order valence-electron chi connectivity index (χ2n) is 9.66. The first-order valence-corrected chi connectivity index (χ1v) is 13.4. The van der Waals surface area contributed by atoms with Gasteiger partial charge in [-0.1, -0.05) is 73.7 Å². The maximum absolute atomic E-state index is 13.1. The zero-order chi connectivity index (χ0) is 26.6. The van der Waals surface area contributed by atoms with E-state index in [4.69, 9.17) is 0 Å². The van der Waals surface area contributed by atoms with Crippen molar-refractivity contribution in [2.24, 2.45) is 0 Å². The Morgan fingerprint density at radius 3 is 2.73 bits per heavy atom. The van der Waals surface area contributed by atoms with Gasteiger partial charge in [0, 0.05) is 25.7 Å². The van der Waals surface area contributed by atoms with Crippen molar-refractivity contribution < 1.29 is 9.59 Å². The van der Waals surface area contributed by atoms with E-state index in [1.807, 2.05) is 56.4 Å². The van der Waals surface area contributed by atoms with Gasteiger partial charge in [0.25, 0.3) is 0 Å². The highest BCUT2D eigenvalue weighted by molar-refractivity contribution is 5.88. The second kappa shape index (κ2) is 14.4. The molecule has 198 valence electrons.